The molecule has 0 radical (unpaired) electrons. The molecule has 4 aliphatic heterocycles. The maximum atomic E-state index is 13.1. The van der Waals surface area contributed by atoms with E-state index >= 15 is 0 Å². The maximum Gasteiger partial charge on any atom is 0.416 e. The highest BCUT2D eigenvalue weighted by Crippen LogP contribution is 2.58. The van der Waals surface area contributed by atoms with Crippen LogP contribution in [0.5, 0.6) is 0 Å². The van der Waals surface area contributed by atoms with Crippen LogP contribution in [0.3, 0.4) is 0 Å². The molecular formula is C15H15F6N4+. The summed E-state index contributed by atoms with van der Waals surface area (Å²) >= 11 is 0. The molecule has 0 saturated carbocycles. The maximum absolute atomic E-state index is 13.1. The standard InChI is InChI=1S/C15H15F6N4/c16-14(17,18)11-1-10(2-12(3-11)15(19,20)21)4-25-8-22-5-13(25)23(6-22)7-24(13)9-25/h1-3H,4-9H2/q+1. The molecule has 0 aromatic heterocycles. The van der Waals surface area contributed by atoms with Gasteiger partial charge in [0.25, 0.3) is 0 Å². The molecule has 4 fully saturated rings. The second kappa shape index (κ2) is 4.30. The highest BCUT2D eigenvalue weighted by Gasteiger charge is 2.82. The van der Waals surface area contributed by atoms with E-state index < -0.39 is 23.5 Å². The van der Waals surface area contributed by atoms with Crippen molar-refractivity contribution in [3.8, 4) is 0 Å². The minimum absolute atomic E-state index is 0.0942. The highest BCUT2D eigenvalue weighted by molar-refractivity contribution is 5.33. The highest BCUT2D eigenvalue weighted by atomic mass is 19.4. The molecule has 1 aromatic carbocycles. The molecule has 4 heterocycles. The zero-order valence-corrected chi connectivity index (χ0v) is 13.0. The Morgan fingerprint density at radius 3 is 2.04 bits per heavy atom. The summed E-state index contributed by atoms with van der Waals surface area (Å²) in [5.41, 5.74) is -2.38. The second-order valence-corrected chi connectivity index (χ2v) is 7.47. The minimum Gasteiger partial charge on any atom is -0.262 e. The summed E-state index contributed by atoms with van der Waals surface area (Å²) in [4.78, 5) is 6.71. The van der Waals surface area contributed by atoms with Crippen molar-refractivity contribution in [2.45, 2.75) is 24.7 Å². The summed E-state index contributed by atoms with van der Waals surface area (Å²) in [5.74, 6) is -0.230. The molecule has 4 aliphatic rings. The third-order valence-corrected chi connectivity index (χ3v) is 5.97. The van der Waals surface area contributed by atoms with Gasteiger partial charge in [0.1, 0.15) is 19.9 Å². The lowest BCUT2D eigenvalue weighted by atomic mass is 9.98. The van der Waals surface area contributed by atoms with Crippen LogP contribution < -0.4 is 0 Å². The van der Waals surface area contributed by atoms with Crippen LogP contribution in [-0.2, 0) is 18.9 Å². The summed E-state index contributed by atoms with van der Waals surface area (Å²) < 4.78 is 78.8. The van der Waals surface area contributed by atoms with Crippen LogP contribution in [0.25, 0.3) is 0 Å². The Bertz CT molecular complexity index is 729. The molecule has 0 aliphatic carbocycles. The molecule has 0 N–H and O–H groups in total. The SMILES string of the molecule is FC(F)(F)c1cc(C[N+]23CN4CN5CN(C2)C53C4)cc(C(F)(F)F)c1. The molecule has 4 nitrogen and oxygen atoms in total. The van der Waals surface area contributed by atoms with Crippen molar-refractivity contribution in [2.75, 3.05) is 33.2 Å². The average molecular weight is 365 g/mol. The lowest BCUT2D eigenvalue weighted by Crippen LogP contribution is -2.96. The number of hydrogen-bond acceptors (Lipinski definition) is 3. The predicted octanol–water partition coefficient (Wildman–Crippen LogP) is 2.49. The Balaban J connectivity index is 1.53. The lowest BCUT2D eigenvalue weighted by Gasteiger charge is -2.72. The summed E-state index contributed by atoms with van der Waals surface area (Å²) in [6.07, 6.45) is -9.60. The van der Waals surface area contributed by atoms with Gasteiger partial charge in [-0.05, 0) is 18.2 Å². The molecule has 3 unspecified atom stereocenters. The Kier molecular flexibility index (Phi) is 2.73. The first-order valence-corrected chi connectivity index (χ1v) is 7.91. The van der Waals surface area contributed by atoms with Crippen LogP contribution in [0.15, 0.2) is 18.2 Å². The Labute approximate surface area is 139 Å². The molecule has 10 heteroatoms. The molecule has 0 amide bonds. The van der Waals surface area contributed by atoms with Crippen LogP contribution in [0, 0.1) is 0 Å². The van der Waals surface area contributed by atoms with Gasteiger partial charge < -0.3 is 0 Å². The summed E-state index contributed by atoms with van der Waals surface area (Å²) in [5, 5.41) is 0. The van der Waals surface area contributed by atoms with Gasteiger partial charge in [0.05, 0.1) is 31.0 Å². The van der Waals surface area contributed by atoms with Crippen molar-refractivity contribution in [3.05, 3.63) is 34.9 Å². The van der Waals surface area contributed by atoms with Crippen LogP contribution in [0.2, 0.25) is 0 Å². The number of fused-ring (bicyclic) bond motifs is 1. The van der Waals surface area contributed by atoms with Crippen molar-refractivity contribution >= 4 is 0 Å². The summed E-state index contributed by atoms with van der Waals surface area (Å²) in [6, 6.07) is 1.93. The molecular weight excluding hydrogens is 350 g/mol. The van der Waals surface area contributed by atoms with Crippen LogP contribution in [0.1, 0.15) is 16.7 Å². The van der Waals surface area contributed by atoms with Crippen molar-refractivity contribution < 1.29 is 30.8 Å². The number of rotatable bonds is 2. The van der Waals surface area contributed by atoms with Crippen molar-refractivity contribution in [1.82, 2.24) is 14.7 Å². The van der Waals surface area contributed by atoms with Crippen molar-refractivity contribution in [1.29, 1.82) is 0 Å². The van der Waals surface area contributed by atoms with Gasteiger partial charge in [0, 0.05) is 5.56 Å². The smallest absolute Gasteiger partial charge is 0.262 e. The van der Waals surface area contributed by atoms with E-state index in [1.165, 1.54) is 0 Å². The number of hydrogen-bond donors (Lipinski definition) is 0. The van der Waals surface area contributed by atoms with E-state index in [0.29, 0.717) is 17.8 Å². The van der Waals surface area contributed by atoms with E-state index in [0.717, 1.165) is 32.0 Å². The van der Waals surface area contributed by atoms with Crippen LogP contribution in [-0.4, -0.2) is 58.2 Å². The lowest BCUT2D eigenvalue weighted by molar-refractivity contribution is -1.09. The summed E-state index contributed by atoms with van der Waals surface area (Å²) in [7, 11) is 0. The van der Waals surface area contributed by atoms with Gasteiger partial charge in [-0.2, -0.15) is 31.2 Å². The monoisotopic (exact) mass is 365 g/mol. The molecule has 1 spiro atoms. The van der Waals surface area contributed by atoms with E-state index in [1.54, 1.807) is 0 Å². The predicted molar refractivity (Wildman–Crippen MR) is 73.0 cm³/mol. The molecule has 25 heavy (non-hydrogen) atoms. The molecule has 3 atom stereocenters. The minimum atomic E-state index is -4.80. The van der Waals surface area contributed by atoms with Crippen molar-refractivity contribution in [3.63, 3.8) is 0 Å². The van der Waals surface area contributed by atoms with E-state index in [-0.39, 0.29) is 24.0 Å². The molecule has 1 aromatic rings. The van der Waals surface area contributed by atoms with E-state index in [9.17, 15) is 26.3 Å². The third-order valence-electron chi connectivity index (χ3n) is 5.97. The zero-order valence-electron chi connectivity index (χ0n) is 13.0. The third kappa shape index (κ3) is 1.88. The molecule has 5 rings (SSSR count). The van der Waals surface area contributed by atoms with Gasteiger partial charge in [-0.15, -0.1) is 0 Å². The topological polar surface area (TPSA) is 9.72 Å². The number of quaternary nitrogens is 1. The number of alkyl halides is 6. The van der Waals surface area contributed by atoms with Crippen molar-refractivity contribution in [2.24, 2.45) is 0 Å². The molecule has 136 valence electrons. The normalized spacial score (nSPS) is 37.0. The summed E-state index contributed by atoms with van der Waals surface area (Å²) in [6.45, 7) is 3.98. The van der Waals surface area contributed by atoms with Gasteiger partial charge in [0.2, 0.25) is 5.79 Å². The molecule has 4 saturated heterocycles. The van der Waals surface area contributed by atoms with Gasteiger partial charge in [-0.1, -0.05) is 0 Å². The van der Waals surface area contributed by atoms with E-state index in [1.807, 2.05) is 0 Å². The van der Waals surface area contributed by atoms with Gasteiger partial charge in [-0.3, -0.25) is 4.48 Å². The Morgan fingerprint density at radius 2 is 1.52 bits per heavy atom. The second-order valence-electron chi connectivity index (χ2n) is 7.47. The number of benzene rings is 1. The molecule has 2 bridgehead atoms. The first-order valence-electron chi connectivity index (χ1n) is 7.91. The van der Waals surface area contributed by atoms with Crippen LogP contribution in [0.4, 0.5) is 26.3 Å². The van der Waals surface area contributed by atoms with E-state index in [2.05, 4.69) is 14.7 Å². The first kappa shape index (κ1) is 15.9. The fourth-order valence-corrected chi connectivity index (χ4v) is 5.10. The van der Waals surface area contributed by atoms with Crippen LogP contribution >= 0.6 is 0 Å². The largest absolute Gasteiger partial charge is 0.416 e. The van der Waals surface area contributed by atoms with Gasteiger partial charge in [0.15, 0.2) is 0 Å². The Hall–Kier alpha value is -1.36. The quantitative estimate of drug-likeness (QED) is 0.589. The van der Waals surface area contributed by atoms with Gasteiger partial charge >= 0.3 is 12.4 Å². The first-order chi connectivity index (χ1) is 11.5. The Morgan fingerprint density at radius 1 is 0.880 bits per heavy atom. The number of nitrogens with zero attached hydrogens (tertiary/aromatic N) is 4. The van der Waals surface area contributed by atoms with E-state index in [4.69, 9.17) is 0 Å². The van der Waals surface area contributed by atoms with Gasteiger partial charge in [-0.25, -0.2) is 9.80 Å². The number of halogens is 6. The average Bonchev–Trinajstić information content (AvgIpc) is 2.93. The zero-order chi connectivity index (χ0) is 17.8. The fraction of sp³-hybridized carbons (Fsp3) is 0.600. The fourth-order valence-electron chi connectivity index (χ4n) is 5.10.